The van der Waals surface area contributed by atoms with Crippen LogP contribution < -0.4 is 0 Å². The van der Waals surface area contributed by atoms with Crippen molar-refractivity contribution in [3.05, 3.63) is 41.5 Å². The monoisotopic (exact) mass is 265 g/mol. The normalized spacial score (nSPS) is 11.4. The largest absolute Gasteiger partial charge is 0.261 e. The Kier molecular flexibility index (Phi) is 2.82. The topological polar surface area (TPSA) is 57.9 Å². The Labute approximate surface area is 104 Å². The van der Waals surface area contributed by atoms with Gasteiger partial charge in [0.2, 0.25) is 0 Å². The van der Waals surface area contributed by atoms with Crippen molar-refractivity contribution in [3.63, 3.8) is 0 Å². The molecule has 0 radical (unpaired) electrons. The fourth-order valence-electron chi connectivity index (χ4n) is 1.74. The molecule has 0 amide bonds. The van der Waals surface area contributed by atoms with Crippen molar-refractivity contribution in [3.8, 4) is 6.07 Å². The number of nitrogens with zero attached hydrogens (tertiary/aromatic N) is 1. The molecule has 2 rings (SSSR count). The molecule has 0 aromatic heterocycles. The van der Waals surface area contributed by atoms with Crippen LogP contribution in [0.2, 0.25) is 0 Å². The van der Waals surface area contributed by atoms with Crippen LogP contribution in [0.5, 0.6) is 0 Å². The molecule has 0 spiro atoms. The first kappa shape index (κ1) is 11.9. The van der Waals surface area contributed by atoms with Crippen LogP contribution in [0.15, 0.2) is 35.2 Å². The van der Waals surface area contributed by atoms with E-state index in [9.17, 15) is 8.42 Å². The molecule has 0 saturated carbocycles. The molecule has 0 unspecified atom stereocenters. The minimum absolute atomic E-state index is 0.0475. The van der Waals surface area contributed by atoms with Crippen molar-refractivity contribution < 1.29 is 8.42 Å². The number of halogens is 1. The lowest BCUT2D eigenvalue weighted by Crippen LogP contribution is -1.94. The standard InChI is InChI=1S/C12H8ClNO2S/c1-8-4-10-3-2-9(7-14)6-11(10)12(5-8)17(13,15)16/h2-6H,1H3. The van der Waals surface area contributed by atoms with Gasteiger partial charge in [-0.15, -0.1) is 0 Å². The van der Waals surface area contributed by atoms with Gasteiger partial charge in [0.15, 0.2) is 0 Å². The average molecular weight is 266 g/mol. The fourth-order valence-corrected chi connectivity index (χ4v) is 2.89. The van der Waals surface area contributed by atoms with Crippen molar-refractivity contribution in [2.75, 3.05) is 0 Å². The maximum Gasteiger partial charge on any atom is 0.261 e. The van der Waals surface area contributed by atoms with E-state index in [1.54, 1.807) is 19.1 Å². The molecule has 3 nitrogen and oxygen atoms in total. The van der Waals surface area contributed by atoms with E-state index in [4.69, 9.17) is 15.9 Å². The Morgan fingerprint density at radius 1 is 1.24 bits per heavy atom. The van der Waals surface area contributed by atoms with Gasteiger partial charge in [-0.3, -0.25) is 0 Å². The maximum absolute atomic E-state index is 11.5. The van der Waals surface area contributed by atoms with Crippen LogP contribution in [0.25, 0.3) is 10.8 Å². The van der Waals surface area contributed by atoms with Gasteiger partial charge in [-0.05, 0) is 36.1 Å². The second-order valence-electron chi connectivity index (χ2n) is 3.75. The predicted octanol–water partition coefficient (Wildman–Crippen LogP) is 2.95. The Balaban J connectivity index is 2.96. The minimum atomic E-state index is -3.81. The van der Waals surface area contributed by atoms with Gasteiger partial charge < -0.3 is 0 Å². The van der Waals surface area contributed by atoms with Crippen molar-refractivity contribution in [1.29, 1.82) is 5.26 Å². The molecule has 0 saturated heterocycles. The van der Waals surface area contributed by atoms with Crippen LogP contribution in [0, 0.1) is 18.3 Å². The fraction of sp³-hybridized carbons (Fsp3) is 0.0833. The number of rotatable bonds is 1. The molecule has 0 atom stereocenters. The van der Waals surface area contributed by atoms with Gasteiger partial charge in [-0.1, -0.05) is 12.1 Å². The first-order valence-corrected chi connectivity index (χ1v) is 7.12. The van der Waals surface area contributed by atoms with Gasteiger partial charge in [0.25, 0.3) is 9.05 Å². The molecule has 17 heavy (non-hydrogen) atoms. The molecule has 0 N–H and O–H groups in total. The van der Waals surface area contributed by atoms with Gasteiger partial charge in [-0.25, -0.2) is 8.42 Å². The molecular formula is C12H8ClNO2S. The number of aryl methyl sites for hydroxylation is 1. The van der Waals surface area contributed by atoms with E-state index in [1.807, 2.05) is 12.1 Å². The summed E-state index contributed by atoms with van der Waals surface area (Å²) in [7, 11) is 1.58. The SMILES string of the molecule is Cc1cc(S(=O)(=O)Cl)c2cc(C#N)ccc2c1. The Bertz CT molecular complexity index is 745. The van der Waals surface area contributed by atoms with Gasteiger partial charge in [0.05, 0.1) is 16.5 Å². The zero-order valence-electron chi connectivity index (χ0n) is 8.94. The highest BCUT2D eigenvalue weighted by Gasteiger charge is 2.15. The molecule has 2 aromatic carbocycles. The zero-order chi connectivity index (χ0) is 12.6. The Morgan fingerprint density at radius 3 is 2.53 bits per heavy atom. The highest BCUT2D eigenvalue weighted by molar-refractivity contribution is 8.14. The summed E-state index contributed by atoms with van der Waals surface area (Å²) in [6.45, 7) is 1.79. The first-order chi connectivity index (χ1) is 7.91. The van der Waals surface area contributed by atoms with Crippen LogP contribution in [-0.2, 0) is 9.05 Å². The van der Waals surface area contributed by atoms with Crippen molar-refractivity contribution in [2.45, 2.75) is 11.8 Å². The third-order valence-corrected chi connectivity index (χ3v) is 3.81. The predicted molar refractivity (Wildman–Crippen MR) is 66.4 cm³/mol. The van der Waals surface area contributed by atoms with Crippen molar-refractivity contribution in [2.24, 2.45) is 0 Å². The number of fused-ring (bicyclic) bond motifs is 1. The second kappa shape index (κ2) is 4.02. The van der Waals surface area contributed by atoms with Gasteiger partial charge in [-0.2, -0.15) is 5.26 Å². The van der Waals surface area contributed by atoms with Crippen LogP contribution in [-0.4, -0.2) is 8.42 Å². The first-order valence-electron chi connectivity index (χ1n) is 4.81. The van der Waals surface area contributed by atoms with E-state index >= 15 is 0 Å². The summed E-state index contributed by atoms with van der Waals surface area (Å²) in [6, 6.07) is 10.2. The number of nitriles is 1. The van der Waals surface area contributed by atoms with Crippen LogP contribution in [0.4, 0.5) is 0 Å². The second-order valence-corrected chi connectivity index (χ2v) is 6.28. The van der Waals surface area contributed by atoms with Crippen LogP contribution >= 0.6 is 10.7 Å². The molecule has 0 bridgehead atoms. The van der Waals surface area contributed by atoms with Gasteiger partial charge in [0, 0.05) is 16.1 Å². The summed E-state index contributed by atoms with van der Waals surface area (Å²) in [5, 5.41) is 10.0. The maximum atomic E-state index is 11.5. The molecule has 2 aromatic rings. The van der Waals surface area contributed by atoms with E-state index in [0.717, 1.165) is 10.9 Å². The molecule has 0 aliphatic rings. The molecule has 0 aliphatic heterocycles. The summed E-state index contributed by atoms with van der Waals surface area (Å²) in [5.74, 6) is 0. The molecule has 5 heteroatoms. The summed E-state index contributed by atoms with van der Waals surface area (Å²) in [6.07, 6.45) is 0. The average Bonchev–Trinajstić information content (AvgIpc) is 2.26. The molecule has 86 valence electrons. The van der Waals surface area contributed by atoms with Gasteiger partial charge in [0.1, 0.15) is 0 Å². The lowest BCUT2D eigenvalue weighted by atomic mass is 10.1. The Hall–Kier alpha value is -1.57. The van der Waals surface area contributed by atoms with E-state index in [0.29, 0.717) is 10.9 Å². The third kappa shape index (κ3) is 2.26. The summed E-state index contributed by atoms with van der Waals surface area (Å²) >= 11 is 0. The number of benzene rings is 2. The smallest absolute Gasteiger partial charge is 0.207 e. The summed E-state index contributed by atoms with van der Waals surface area (Å²) in [4.78, 5) is 0.0475. The van der Waals surface area contributed by atoms with E-state index < -0.39 is 9.05 Å². The molecular weight excluding hydrogens is 258 g/mol. The van der Waals surface area contributed by atoms with E-state index in [1.165, 1.54) is 12.1 Å². The quantitative estimate of drug-likeness (QED) is 0.745. The molecule has 0 aliphatic carbocycles. The number of hydrogen-bond acceptors (Lipinski definition) is 3. The Morgan fingerprint density at radius 2 is 1.94 bits per heavy atom. The van der Waals surface area contributed by atoms with Crippen LogP contribution in [0.3, 0.4) is 0 Å². The number of hydrogen-bond donors (Lipinski definition) is 0. The third-order valence-electron chi connectivity index (χ3n) is 2.45. The van der Waals surface area contributed by atoms with Gasteiger partial charge >= 0.3 is 0 Å². The lowest BCUT2D eigenvalue weighted by molar-refractivity contribution is 0.610. The summed E-state index contributed by atoms with van der Waals surface area (Å²) in [5.41, 5.74) is 1.21. The zero-order valence-corrected chi connectivity index (χ0v) is 10.5. The van der Waals surface area contributed by atoms with Crippen molar-refractivity contribution >= 4 is 30.5 Å². The van der Waals surface area contributed by atoms with E-state index in [-0.39, 0.29) is 4.90 Å². The molecule has 0 fully saturated rings. The minimum Gasteiger partial charge on any atom is -0.207 e. The lowest BCUT2D eigenvalue weighted by Gasteiger charge is -2.05. The molecule has 0 heterocycles. The van der Waals surface area contributed by atoms with Crippen LogP contribution in [0.1, 0.15) is 11.1 Å². The highest BCUT2D eigenvalue weighted by atomic mass is 35.7. The van der Waals surface area contributed by atoms with Crippen molar-refractivity contribution in [1.82, 2.24) is 0 Å². The summed E-state index contributed by atoms with van der Waals surface area (Å²) < 4.78 is 23.0. The van der Waals surface area contributed by atoms with E-state index in [2.05, 4.69) is 0 Å². The highest BCUT2D eigenvalue weighted by Crippen LogP contribution is 2.28.